The first-order chi connectivity index (χ1) is 9.44. The molecule has 0 saturated carbocycles. The molecule has 0 fully saturated rings. The van der Waals surface area contributed by atoms with E-state index in [-0.39, 0.29) is 17.1 Å². The van der Waals surface area contributed by atoms with E-state index in [1.54, 1.807) is 0 Å². The minimum absolute atomic E-state index is 0. The molecule has 2 nitrogen and oxygen atoms in total. The van der Waals surface area contributed by atoms with Gasteiger partial charge in [0.2, 0.25) is 0 Å². The summed E-state index contributed by atoms with van der Waals surface area (Å²) in [6.07, 6.45) is 4.56. The van der Waals surface area contributed by atoms with Crippen molar-refractivity contribution in [3.63, 3.8) is 0 Å². The number of thiocarbonyl (C=S) groups is 2. The first-order valence-corrected chi connectivity index (χ1v) is 9.11. The number of hydrogen-bond acceptors (Lipinski definition) is 2. The van der Waals surface area contributed by atoms with Gasteiger partial charge in [-0.3, -0.25) is 0 Å². The summed E-state index contributed by atoms with van der Waals surface area (Å²) >= 11 is 18.1. The molecule has 0 aromatic heterocycles. The van der Waals surface area contributed by atoms with E-state index in [2.05, 4.69) is 62.8 Å². The first-order valence-electron chi connectivity index (χ1n) is 7.40. The molecule has 126 valence electrons. The van der Waals surface area contributed by atoms with Gasteiger partial charge in [0.05, 0.1) is 0 Å². The molecule has 0 bridgehead atoms. The third-order valence-electron chi connectivity index (χ3n) is 2.52. The Labute approximate surface area is 164 Å². The van der Waals surface area contributed by atoms with Crippen molar-refractivity contribution in [3.05, 3.63) is 0 Å². The summed E-state index contributed by atoms with van der Waals surface area (Å²) in [5.74, 6) is 0. The predicted octanol–water partition coefficient (Wildman–Crippen LogP) is 4.27. The molecule has 0 heterocycles. The molecule has 0 aliphatic rings. The van der Waals surface area contributed by atoms with Gasteiger partial charge >= 0.3 is 0 Å². The molecule has 7 heteroatoms. The summed E-state index contributed by atoms with van der Waals surface area (Å²) in [6.45, 7) is 12.7. The summed E-state index contributed by atoms with van der Waals surface area (Å²) in [7, 11) is 0. The van der Waals surface area contributed by atoms with E-state index in [1.165, 1.54) is 0 Å². The summed E-state index contributed by atoms with van der Waals surface area (Å²) < 4.78 is 1.45. The fourth-order valence-electron chi connectivity index (χ4n) is 1.69. The molecule has 0 aromatic rings. The van der Waals surface area contributed by atoms with Crippen molar-refractivity contribution in [1.82, 2.24) is 9.80 Å². The van der Waals surface area contributed by atoms with E-state index in [4.69, 9.17) is 24.4 Å². The van der Waals surface area contributed by atoms with E-state index >= 15 is 0 Å². The zero-order valence-corrected chi connectivity index (χ0v) is 18.8. The molecule has 0 rings (SSSR count). The van der Waals surface area contributed by atoms with E-state index in [1.807, 2.05) is 0 Å². The maximum atomic E-state index is 4.94. The number of nitrogens with zero attached hydrogens (tertiary/aromatic N) is 2. The van der Waals surface area contributed by atoms with Crippen molar-refractivity contribution in [3.8, 4) is 0 Å². The van der Waals surface area contributed by atoms with Gasteiger partial charge in [0.1, 0.15) is 8.64 Å². The monoisotopic (exact) mass is 434 g/mol. The molecule has 2 radical (unpaired) electrons. The molecule has 0 N–H and O–H groups in total. The third-order valence-corrected chi connectivity index (χ3v) is 3.60. The standard InChI is InChI=1S/2C7H15NS2.Se/c2*1-3-5-8(6-4-2)7(9)10;/h2*3-6H2,1-2H3,(H,9,10);. The molecule has 0 aromatic carbocycles. The number of rotatable bonds is 8. The minimum atomic E-state index is 0. The molecule has 0 saturated heterocycles. The van der Waals surface area contributed by atoms with Crippen LogP contribution in [0.2, 0.25) is 0 Å². The Morgan fingerprint density at radius 3 is 0.952 bits per heavy atom. The van der Waals surface area contributed by atoms with Gasteiger partial charge in [-0.2, -0.15) is 0 Å². The number of thiol groups is 2. The second kappa shape index (κ2) is 19.0. The van der Waals surface area contributed by atoms with Gasteiger partial charge in [0.25, 0.3) is 0 Å². The van der Waals surface area contributed by atoms with E-state index in [0.29, 0.717) is 0 Å². The van der Waals surface area contributed by atoms with Gasteiger partial charge < -0.3 is 9.80 Å². The van der Waals surface area contributed by atoms with E-state index in [9.17, 15) is 0 Å². The average molecular weight is 434 g/mol. The van der Waals surface area contributed by atoms with Crippen molar-refractivity contribution in [1.29, 1.82) is 0 Å². The topological polar surface area (TPSA) is 6.48 Å². The van der Waals surface area contributed by atoms with Gasteiger partial charge in [-0.1, -0.05) is 52.1 Å². The smallest absolute Gasteiger partial charge is 0.133 e. The molecule has 21 heavy (non-hydrogen) atoms. The van der Waals surface area contributed by atoms with Crippen LogP contribution >= 0.6 is 49.7 Å². The van der Waals surface area contributed by atoms with Crippen LogP contribution in [0.4, 0.5) is 0 Å². The van der Waals surface area contributed by atoms with Crippen LogP contribution in [0.5, 0.6) is 0 Å². The SMILES string of the molecule is CCCN(CCC)C(=S)S.CCCN(CCC)C(=S)S.[Se]. The largest absolute Gasteiger partial charge is 0.358 e. The normalized spacial score (nSPS) is 9.05. The maximum Gasteiger partial charge on any atom is 0.133 e. The van der Waals surface area contributed by atoms with Crippen LogP contribution in [-0.2, 0) is 0 Å². The molecule has 0 aliphatic heterocycles. The zero-order valence-electron chi connectivity index (χ0n) is 13.7. The van der Waals surface area contributed by atoms with Crippen LogP contribution < -0.4 is 0 Å². The molecule has 0 spiro atoms. The molecule has 0 aliphatic carbocycles. The van der Waals surface area contributed by atoms with Gasteiger partial charge in [-0.15, -0.1) is 25.3 Å². The summed E-state index contributed by atoms with van der Waals surface area (Å²) in [6, 6.07) is 0. The van der Waals surface area contributed by atoms with E-state index < -0.39 is 0 Å². The van der Waals surface area contributed by atoms with Gasteiger partial charge in [0, 0.05) is 43.2 Å². The van der Waals surface area contributed by atoms with Crippen LogP contribution in [0, 0.1) is 0 Å². The van der Waals surface area contributed by atoms with Gasteiger partial charge in [-0.25, -0.2) is 0 Å². The second-order valence-corrected chi connectivity index (χ2v) is 6.76. The van der Waals surface area contributed by atoms with Crippen LogP contribution in [0.25, 0.3) is 0 Å². The third kappa shape index (κ3) is 17.2. The second-order valence-electron chi connectivity index (χ2n) is 4.54. The Kier molecular flexibility index (Phi) is 24.4. The van der Waals surface area contributed by atoms with Crippen molar-refractivity contribution in [2.75, 3.05) is 26.2 Å². The summed E-state index contributed by atoms with van der Waals surface area (Å²) in [5.41, 5.74) is 0. The molecule has 0 atom stereocenters. The summed E-state index contributed by atoms with van der Waals surface area (Å²) in [4.78, 5) is 4.25. The maximum absolute atomic E-state index is 4.94. The predicted molar refractivity (Wildman–Crippen MR) is 113 cm³/mol. The van der Waals surface area contributed by atoms with Gasteiger partial charge in [0.15, 0.2) is 0 Å². The van der Waals surface area contributed by atoms with Crippen molar-refractivity contribution in [2.45, 2.75) is 53.4 Å². The van der Waals surface area contributed by atoms with E-state index in [0.717, 1.165) is 60.5 Å². The Hall–Kier alpha value is 0.999. The van der Waals surface area contributed by atoms with Crippen LogP contribution in [0.3, 0.4) is 0 Å². The Bertz CT molecular complexity index is 227. The molecule has 0 unspecified atom stereocenters. The Morgan fingerprint density at radius 2 is 0.857 bits per heavy atom. The minimum Gasteiger partial charge on any atom is -0.358 e. The Balaban J connectivity index is -0.000000295. The van der Waals surface area contributed by atoms with Crippen molar-refractivity contribution in [2.24, 2.45) is 0 Å². The Morgan fingerprint density at radius 1 is 0.667 bits per heavy atom. The number of hydrogen-bond donors (Lipinski definition) is 2. The quantitative estimate of drug-likeness (QED) is 0.335. The first kappa shape index (κ1) is 26.9. The van der Waals surface area contributed by atoms with Crippen molar-refractivity contribution >= 4 is 75.4 Å². The fourth-order valence-corrected chi connectivity index (χ4v) is 2.45. The molecule has 0 amide bonds. The van der Waals surface area contributed by atoms with Crippen molar-refractivity contribution < 1.29 is 0 Å². The van der Waals surface area contributed by atoms with Gasteiger partial charge in [-0.05, 0) is 25.7 Å². The van der Waals surface area contributed by atoms with Crippen LogP contribution in [-0.4, -0.2) is 61.7 Å². The molecular formula is C14H30N2S4Se. The van der Waals surface area contributed by atoms with Crippen LogP contribution in [0.1, 0.15) is 53.4 Å². The van der Waals surface area contributed by atoms with Crippen LogP contribution in [0.15, 0.2) is 0 Å². The fraction of sp³-hybridized carbons (Fsp3) is 0.857. The molecular weight excluding hydrogens is 403 g/mol. The summed E-state index contributed by atoms with van der Waals surface area (Å²) in [5, 5.41) is 0. The average Bonchev–Trinajstić information content (AvgIpc) is 2.38. The zero-order chi connectivity index (χ0) is 16.0.